The van der Waals surface area contributed by atoms with E-state index in [1.165, 1.54) is 0 Å². The van der Waals surface area contributed by atoms with Crippen molar-refractivity contribution in [2.75, 3.05) is 20.8 Å². The van der Waals surface area contributed by atoms with Gasteiger partial charge in [-0.1, -0.05) is 50.2 Å². The Kier molecular flexibility index (Phi) is 9.07. The lowest BCUT2D eigenvalue weighted by atomic mass is 9.94. The van der Waals surface area contributed by atoms with Gasteiger partial charge < -0.3 is 20.1 Å². The van der Waals surface area contributed by atoms with Crippen LogP contribution >= 0.6 is 0 Å². The molecule has 0 aliphatic heterocycles. The number of nitrogens with one attached hydrogen (secondary N) is 2. The van der Waals surface area contributed by atoms with Crippen molar-refractivity contribution in [2.24, 2.45) is 5.92 Å². The highest BCUT2D eigenvalue weighted by atomic mass is 16.5. The van der Waals surface area contributed by atoms with Crippen LogP contribution in [-0.4, -0.2) is 38.6 Å². The lowest BCUT2D eigenvalue weighted by Gasteiger charge is -2.20. The molecule has 0 radical (unpaired) electrons. The lowest BCUT2D eigenvalue weighted by Crippen LogP contribution is -2.47. The van der Waals surface area contributed by atoms with E-state index >= 15 is 0 Å². The molecule has 36 heavy (non-hydrogen) atoms. The van der Waals surface area contributed by atoms with E-state index in [4.69, 9.17) is 14.7 Å². The molecule has 3 aromatic rings. The lowest BCUT2D eigenvalue weighted by molar-refractivity contribution is -0.123. The Morgan fingerprint density at radius 3 is 1.89 bits per heavy atom. The standard InChI is InChI=1S/C29H31N3O4/c1-19(2)15-25(29(34)31-14-13-30)32-28(33)22-17-20(23-9-5-7-11-26(23)35-3)16-21(18-22)24-10-6-8-12-27(24)36-4/h5-12,16-19,25H,14-15H2,1-4H3,(H,31,34)(H,32,33)/t25-/m0/s1. The highest BCUT2D eigenvalue weighted by Gasteiger charge is 2.23. The molecule has 0 saturated carbocycles. The number of amides is 2. The Morgan fingerprint density at radius 1 is 0.889 bits per heavy atom. The van der Waals surface area contributed by atoms with Crippen molar-refractivity contribution in [1.29, 1.82) is 5.26 Å². The SMILES string of the molecule is COc1ccccc1-c1cc(C(=O)N[C@@H](CC(C)C)C(=O)NCC#N)cc(-c2ccccc2OC)c1. The third kappa shape index (κ3) is 6.42. The van der Waals surface area contributed by atoms with Gasteiger partial charge in [0, 0.05) is 16.7 Å². The summed E-state index contributed by atoms with van der Waals surface area (Å²) in [6.07, 6.45) is 0.439. The monoisotopic (exact) mass is 485 g/mol. The number of methoxy groups -OCH3 is 2. The molecule has 1 atom stereocenters. The number of carbonyl (C=O) groups is 2. The van der Waals surface area contributed by atoms with Crippen molar-refractivity contribution in [3.05, 3.63) is 72.3 Å². The summed E-state index contributed by atoms with van der Waals surface area (Å²) in [7, 11) is 3.21. The summed E-state index contributed by atoms with van der Waals surface area (Å²) in [5.41, 5.74) is 3.62. The molecule has 3 rings (SSSR count). The van der Waals surface area contributed by atoms with Gasteiger partial charge in [0.2, 0.25) is 5.91 Å². The maximum atomic E-state index is 13.5. The molecule has 0 aliphatic carbocycles. The predicted molar refractivity (Wildman–Crippen MR) is 140 cm³/mol. The largest absolute Gasteiger partial charge is 0.496 e. The van der Waals surface area contributed by atoms with E-state index in [-0.39, 0.29) is 24.3 Å². The molecule has 2 N–H and O–H groups in total. The van der Waals surface area contributed by atoms with Crippen LogP contribution in [0.2, 0.25) is 0 Å². The Bertz CT molecular complexity index is 1200. The summed E-state index contributed by atoms with van der Waals surface area (Å²) in [6.45, 7) is 3.82. The second-order valence-corrected chi connectivity index (χ2v) is 8.73. The van der Waals surface area contributed by atoms with Gasteiger partial charge in [0.15, 0.2) is 0 Å². The topological polar surface area (TPSA) is 100 Å². The van der Waals surface area contributed by atoms with Crippen LogP contribution in [0.5, 0.6) is 11.5 Å². The normalized spacial score (nSPS) is 11.3. The predicted octanol–water partition coefficient (Wildman–Crippen LogP) is 4.82. The number of nitriles is 1. The van der Waals surface area contributed by atoms with Gasteiger partial charge in [0.05, 0.1) is 20.3 Å². The molecular weight excluding hydrogens is 454 g/mol. The van der Waals surface area contributed by atoms with Crippen LogP contribution in [0.3, 0.4) is 0 Å². The average molecular weight is 486 g/mol. The van der Waals surface area contributed by atoms with E-state index < -0.39 is 6.04 Å². The summed E-state index contributed by atoms with van der Waals surface area (Å²) < 4.78 is 11.1. The first-order valence-electron chi connectivity index (χ1n) is 11.7. The number of carbonyl (C=O) groups excluding carboxylic acids is 2. The van der Waals surface area contributed by atoms with Gasteiger partial charge in [-0.25, -0.2) is 0 Å². The van der Waals surface area contributed by atoms with Gasteiger partial charge in [0.1, 0.15) is 24.1 Å². The van der Waals surface area contributed by atoms with Crippen LogP contribution in [0, 0.1) is 17.2 Å². The van der Waals surface area contributed by atoms with Crippen LogP contribution in [0.15, 0.2) is 66.7 Å². The first kappa shape index (κ1) is 26.3. The van der Waals surface area contributed by atoms with Crippen LogP contribution in [-0.2, 0) is 4.79 Å². The Hall–Kier alpha value is -4.31. The molecule has 7 heteroatoms. The molecule has 0 saturated heterocycles. The van der Waals surface area contributed by atoms with Crippen molar-refractivity contribution >= 4 is 11.8 Å². The van der Waals surface area contributed by atoms with E-state index in [0.29, 0.717) is 23.5 Å². The molecule has 0 aromatic heterocycles. The first-order chi connectivity index (χ1) is 17.4. The molecule has 7 nitrogen and oxygen atoms in total. The molecule has 0 fully saturated rings. The number of ether oxygens (including phenoxy) is 2. The number of nitrogens with zero attached hydrogens (tertiary/aromatic N) is 1. The molecule has 186 valence electrons. The Morgan fingerprint density at radius 2 is 1.42 bits per heavy atom. The zero-order valence-electron chi connectivity index (χ0n) is 21.0. The van der Waals surface area contributed by atoms with Gasteiger partial charge in [-0.15, -0.1) is 0 Å². The first-order valence-corrected chi connectivity index (χ1v) is 11.7. The zero-order chi connectivity index (χ0) is 26.1. The maximum Gasteiger partial charge on any atom is 0.251 e. The summed E-state index contributed by atoms with van der Waals surface area (Å²) >= 11 is 0. The van der Waals surface area contributed by atoms with E-state index in [1.54, 1.807) is 26.4 Å². The summed E-state index contributed by atoms with van der Waals surface area (Å²) in [5.74, 6) is 0.737. The van der Waals surface area contributed by atoms with Crippen LogP contribution in [0.4, 0.5) is 0 Å². The fraction of sp³-hybridized carbons (Fsp3) is 0.276. The highest BCUT2D eigenvalue weighted by molar-refractivity contribution is 6.00. The van der Waals surface area contributed by atoms with E-state index in [9.17, 15) is 9.59 Å². The number of hydrogen-bond acceptors (Lipinski definition) is 5. The minimum Gasteiger partial charge on any atom is -0.496 e. The minimum absolute atomic E-state index is 0.121. The van der Waals surface area contributed by atoms with Crippen molar-refractivity contribution < 1.29 is 19.1 Å². The quantitative estimate of drug-likeness (QED) is 0.401. The van der Waals surface area contributed by atoms with Gasteiger partial charge >= 0.3 is 0 Å². The molecule has 3 aromatic carbocycles. The van der Waals surface area contributed by atoms with E-state index in [1.807, 2.05) is 74.5 Å². The van der Waals surface area contributed by atoms with Gasteiger partial charge in [-0.05, 0) is 53.8 Å². The van der Waals surface area contributed by atoms with Crippen LogP contribution in [0.25, 0.3) is 22.3 Å². The van der Waals surface area contributed by atoms with E-state index in [0.717, 1.165) is 22.3 Å². The third-order valence-electron chi connectivity index (χ3n) is 5.70. The summed E-state index contributed by atoms with van der Waals surface area (Å²) in [6, 6.07) is 21.9. The molecule has 0 heterocycles. The van der Waals surface area contributed by atoms with Gasteiger partial charge in [-0.3, -0.25) is 9.59 Å². The minimum atomic E-state index is -0.768. The second kappa shape index (κ2) is 12.4. The fourth-order valence-electron chi connectivity index (χ4n) is 4.03. The molecule has 0 spiro atoms. The van der Waals surface area contributed by atoms with Crippen LogP contribution in [0.1, 0.15) is 30.6 Å². The van der Waals surface area contributed by atoms with Crippen LogP contribution < -0.4 is 20.1 Å². The highest BCUT2D eigenvalue weighted by Crippen LogP contribution is 2.36. The Balaban J connectivity index is 2.09. The smallest absolute Gasteiger partial charge is 0.251 e. The Labute approximate surface area is 212 Å². The van der Waals surface area contributed by atoms with E-state index in [2.05, 4.69) is 10.6 Å². The number of para-hydroxylation sites is 2. The summed E-state index contributed by atoms with van der Waals surface area (Å²) in [5, 5.41) is 14.2. The van der Waals surface area contributed by atoms with Gasteiger partial charge in [0.25, 0.3) is 5.91 Å². The van der Waals surface area contributed by atoms with Crippen molar-refractivity contribution in [1.82, 2.24) is 10.6 Å². The molecule has 0 unspecified atom stereocenters. The number of rotatable bonds is 10. The molecule has 2 amide bonds. The zero-order valence-corrected chi connectivity index (χ0v) is 21.0. The number of hydrogen-bond donors (Lipinski definition) is 2. The number of benzene rings is 3. The van der Waals surface area contributed by atoms with Crippen molar-refractivity contribution in [3.63, 3.8) is 0 Å². The summed E-state index contributed by atoms with van der Waals surface area (Å²) in [4.78, 5) is 26.1. The fourth-order valence-corrected chi connectivity index (χ4v) is 4.03. The third-order valence-corrected chi connectivity index (χ3v) is 5.70. The molecule has 0 aliphatic rings. The molecule has 0 bridgehead atoms. The molecular formula is C29H31N3O4. The second-order valence-electron chi connectivity index (χ2n) is 8.73. The average Bonchev–Trinajstić information content (AvgIpc) is 2.90. The van der Waals surface area contributed by atoms with Crippen molar-refractivity contribution in [2.45, 2.75) is 26.3 Å². The van der Waals surface area contributed by atoms with Gasteiger partial charge in [-0.2, -0.15) is 5.26 Å². The maximum absolute atomic E-state index is 13.5. The van der Waals surface area contributed by atoms with Crippen molar-refractivity contribution in [3.8, 4) is 39.8 Å².